The van der Waals surface area contributed by atoms with Crippen LogP contribution >= 0.6 is 27.3 Å². The van der Waals surface area contributed by atoms with Gasteiger partial charge in [0.25, 0.3) is 0 Å². The van der Waals surface area contributed by atoms with E-state index < -0.39 is 0 Å². The van der Waals surface area contributed by atoms with E-state index in [9.17, 15) is 0 Å². The maximum absolute atomic E-state index is 4.14. The topological polar surface area (TPSA) is 24.9 Å². The van der Waals surface area contributed by atoms with Crippen molar-refractivity contribution < 1.29 is 0 Å². The smallest absolute Gasteiger partial charge is 0.0794 e. The average molecular weight is 311 g/mol. The second-order valence-electron chi connectivity index (χ2n) is 3.95. The SMILES string of the molecule is CNCC(Cc1cncs1)c1ccccc1Br. The van der Waals surface area contributed by atoms with E-state index in [4.69, 9.17) is 0 Å². The van der Waals surface area contributed by atoms with E-state index in [0.717, 1.165) is 13.0 Å². The summed E-state index contributed by atoms with van der Waals surface area (Å²) in [6, 6.07) is 8.43. The minimum Gasteiger partial charge on any atom is -0.319 e. The van der Waals surface area contributed by atoms with Crippen LogP contribution < -0.4 is 5.32 Å². The van der Waals surface area contributed by atoms with Gasteiger partial charge in [-0.05, 0) is 25.1 Å². The minimum absolute atomic E-state index is 0.482. The molecule has 1 aromatic carbocycles. The van der Waals surface area contributed by atoms with E-state index in [1.165, 1.54) is 14.9 Å². The third-order valence-electron chi connectivity index (χ3n) is 2.73. The molecule has 0 spiro atoms. The standard InChI is InChI=1S/C13H15BrN2S/c1-15-7-10(6-11-8-16-9-17-11)12-4-2-3-5-13(12)14/h2-5,8-10,15H,6-7H2,1H3. The predicted octanol–water partition coefficient (Wildman–Crippen LogP) is 3.45. The molecule has 0 aliphatic heterocycles. The number of hydrogen-bond donors (Lipinski definition) is 1. The first-order valence-electron chi connectivity index (χ1n) is 5.57. The highest BCUT2D eigenvalue weighted by molar-refractivity contribution is 9.10. The fourth-order valence-corrected chi connectivity index (χ4v) is 3.22. The predicted molar refractivity (Wildman–Crippen MR) is 76.6 cm³/mol. The number of thiazole rings is 1. The number of halogens is 1. The Kier molecular flexibility index (Phi) is 4.71. The molecule has 90 valence electrons. The summed E-state index contributed by atoms with van der Waals surface area (Å²) >= 11 is 5.35. The molecule has 17 heavy (non-hydrogen) atoms. The summed E-state index contributed by atoms with van der Waals surface area (Å²) in [5.74, 6) is 0.482. The van der Waals surface area contributed by atoms with Crippen molar-refractivity contribution >= 4 is 27.3 Å². The van der Waals surface area contributed by atoms with Crippen molar-refractivity contribution in [1.29, 1.82) is 0 Å². The fraction of sp³-hybridized carbons (Fsp3) is 0.308. The fourth-order valence-electron chi connectivity index (χ4n) is 1.93. The molecular weight excluding hydrogens is 296 g/mol. The summed E-state index contributed by atoms with van der Waals surface area (Å²) in [6.45, 7) is 0.973. The van der Waals surface area contributed by atoms with E-state index >= 15 is 0 Å². The number of nitrogens with one attached hydrogen (secondary N) is 1. The summed E-state index contributed by atoms with van der Waals surface area (Å²) in [5, 5.41) is 3.27. The summed E-state index contributed by atoms with van der Waals surface area (Å²) in [5.41, 5.74) is 3.25. The van der Waals surface area contributed by atoms with Crippen molar-refractivity contribution in [3.8, 4) is 0 Å². The van der Waals surface area contributed by atoms with Crippen LogP contribution in [0.2, 0.25) is 0 Å². The Labute approximate surface area is 114 Å². The highest BCUT2D eigenvalue weighted by atomic mass is 79.9. The molecule has 0 saturated heterocycles. The summed E-state index contributed by atoms with van der Waals surface area (Å²) < 4.78 is 1.18. The van der Waals surface area contributed by atoms with Gasteiger partial charge in [0, 0.05) is 28.0 Å². The van der Waals surface area contributed by atoms with Crippen molar-refractivity contribution in [2.75, 3.05) is 13.6 Å². The van der Waals surface area contributed by atoms with Gasteiger partial charge in [0.05, 0.1) is 5.51 Å². The van der Waals surface area contributed by atoms with E-state index in [-0.39, 0.29) is 0 Å². The van der Waals surface area contributed by atoms with Gasteiger partial charge in [0.2, 0.25) is 0 Å². The molecule has 2 nitrogen and oxygen atoms in total. The molecule has 0 saturated carbocycles. The number of aromatic nitrogens is 1. The van der Waals surface area contributed by atoms with Crippen molar-refractivity contribution in [2.45, 2.75) is 12.3 Å². The molecule has 2 rings (SSSR count). The van der Waals surface area contributed by atoms with Gasteiger partial charge in [-0.25, -0.2) is 0 Å². The lowest BCUT2D eigenvalue weighted by atomic mass is 9.95. The zero-order valence-electron chi connectivity index (χ0n) is 9.69. The molecule has 1 unspecified atom stereocenters. The maximum atomic E-state index is 4.14. The first-order chi connectivity index (χ1) is 8.31. The van der Waals surface area contributed by atoms with Crippen molar-refractivity contribution in [3.05, 3.63) is 50.9 Å². The zero-order chi connectivity index (χ0) is 12.1. The van der Waals surface area contributed by atoms with Crippen LogP contribution in [0.5, 0.6) is 0 Å². The molecular formula is C13H15BrN2S. The van der Waals surface area contributed by atoms with E-state index in [1.807, 2.05) is 18.8 Å². The largest absolute Gasteiger partial charge is 0.319 e. The second kappa shape index (κ2) is 6.28. The molecule has 0 amide bonds. The van der Waals surface area contributed by atoms with Gasteiger partial charge in [-0.1, -0.05) is 34.1 Å². The van der Waals surface area contributed by atoms with Gasteiger partial charge in [0.15, 0.2) is 0 Å². The van der Waals surface area contributed by atoms with E-state index in [2.05, 4.69) is 50.5 Å². The lowest BCUT2D eigenvalue weighted by Gasteiger charge is -2.17. The summed E-state index contributed by atoms with van der Waals surface area (Å²) in [6.07, 6.45) is 3.00. The number of hydrogen-bond acceptors (Lipinski definition) is 3. The van der Waals surface area contributed by atoms with Crippen LogP contribution in [0, 0.1) is 0 Å². The number of likely N-dealkylation sites (N-methyl/N-ethyl adjacent to an activating group) is 1. The molecule has 0 aliphatic carbocycles. The van der Waals surface area contributed by atoms with Crippen LogP contribution in [-0.2, 0) is 6.42 Å². The molecule has 1 heterocycles. The van der Waals surface area contributed by atoms with Crippen LogP contribution in [-0.4, -0.2) is 18.6 Å². The first kappa shape index (κ1) is 12.7. The maximum Gasteiger partial charge on any atom is 0.0794 e. The lowest BCUT2D eigenvalue weighted by molar-refractivity contribution is 0.627. The number of rotatable bonds is 5. The van der Waals surface area contributed by atoms with Crippen LogP contribution in [0.4, 0.5) is 0 Å². The minimum atomic E-state index is 0.482. The van der Waals surface area contributed by atoms with Gasteiger partial charge in [-0.15, -0.1) is 11.3 Å². The van der Waals surface area contributed by atoms with Gasteiger partial charge in [-0.2, -0.15) is 0 Å². The zero-order valence-corrected chi connectivity index (χ0v) is 12.1. The van der Waals surface area contributed by atoms with Crippen LogP contribution in [0.25, 0.3) is 0 Å². The average Bonchev–Trinajstić information content (AvgIpc) is 2.82. The summed E-state index contributed by atoms with van der Waals surface area (Å²) in [7, 11) is 2.00. The summed E-state index contributed by atoms with van der Waals surface area (Å²) in [4.78, 5) is 5.47. The quantitative estimate of drug-likeness (QED) is 0.915. The highest BCUT2D eigenvalue weighted by Gasteiger charge is 2.14. The number of nitrogens with zero attached hydrogens (tertiary/aromatic N) is 1. The molecule has 4 heteroatoms. The molecule has 0 aliphatic rings. The molecule has 0 radical (unpaired) electrons. The van der Waals surface area contributed by atoms with Gasteiger partial charge >= 0.3 is 0 Å². The Bertz CT molecular complexity index is 456. The van der Waals surface area contributed by atoms with E-state index in [1.54, 1.807) is 11.3 Å². The van der Waals surface area contributed by atoms with Gasteiger partial charge in [0.1, 0.15) is 0 Å². The molecule has 0 fully saturated rings. The van der Waals surface area contributed by atoms with E-state index in [0.29, 0.717) is 5.92 Å². The Morgan fingerprint density at radius 3 is 2.88 bits per heavy atom. The molecule has 1 atom stereocenters. The van der Waals surface area contributed by atoms with Crippen LogP contribution in [0.1, 0.15) is 16.4 Å². The third kappa shape index (κ3) is 3.37. The lowest BCUT2D eigenvalue weighted by Crippen LogP contribution is -2.19. The molecule has 2 aromatic rings. The van der Waals surface area contributed by atoms with Gasteiger partial charge < -0.3 is 5.32 Å². The molecule has 1 N–H and O–H groups in total. The highest BCUT2D eigenvalue weighted by Crippen LogP contribution is 2.28. The Morgan fingerprint density at radius 1 is 1.41 bits per heavy atom. The van der Waals surface area contributed by atoms with Crippen molar-refractivity contribution in [1.82, 2.24) is 10.3 Å². The Morgan fingerprint density at radius 2 is 2.24 bits per heavy atom. The number of benzene rings is 1. The third-order valence-corrected chi connectivity index (χ3v) is 4.25. The van der Waals surface area contributed by atoms with Crippen LogP contribution in [0.3, 0.4) is 0 Å². The second-order valence-corrected chi connectivity index (χ2v) is 5.77. The Balaban J connectivity index is 2.20. The molecule has 0 bridgehead atoms. The van der Waals surface area contributed by atoms with Gasteiger partial charge in [-0.3, -0.25) is 4.98 Å². The Hall–Kier alpha value is -0.710. The normalized spacial score (nSPS) is 12.6. The van der Waals surface area contributed by atoms with Crippen LogP contribution in [0.15, 0.2) is 40.4 Å². The molecule has 1 aromatic heterocycles. The first-order valence-corrected chi connectivity index (χ1v) is 7.25. The van der Waals surface area contributed by atoms with Crippen molar-refractivity contribution in [2.24, 2.45) is 0 Å². The monoisotopic (exact) mass is 310 g/mol. The van der Waals surface area contributed by atoms with Crippen molar-refractivity contribution in [3.63, 3.8) is 0 Å².